The second-order valence-electron chi connectivity index (χ2n) is 5.91. The van der Waals surface area contributed by atoms with Crippen molar-refractivity contribution in [3.63, 3.8) is 0 Å². The molecule has 1 aliphatic carbocycles. The van der Waals surface area contributed by atoms with Gasteiger partial charge in [-0.05, 0) is 38.5 Å². The molecule has 1 aromatic heterocycles. The summed E-state index contributed by atoms with van der Waals surface area (Å²) in [5.74, 6) is -0.0929. The maximum atomic E-state index is 12.4. The fourth-order valence-electron chi connectivity index (χ4n) is 3.20. The number of carbonyl (C=O) groups is 1. The van der Waals surface area contributed by atoms with Crippen LogP contribution < -0.4 is 11.1 Å². The van der Waals surface area contributed by atoms with E-state index in [0.29, 0.717) is 17.9 Å². The third-order valence-electron chi connectivity index (χ3n) is 4.73. The number of hydrogen-bond donors (Lipinski definition) is 2. The second-order valence-corrected chi connectivity index (χ2v) is 5.91. The van der Waals surface area contributed by atoms with Gasteiger partial charge >= 0.3 is 0 Å². The third-order valence-corrected chi connectivity index (χ3v) is 4.73. The van der Waals surface area contributed by atoms with Crippen LogP contribution in [0.2, 0.25) is 0 Å². The number of nitrogens with zero attached hydrogens (tertiary/aromatic N) is 2. The molecule has 1 saturated carbocycles. The fourth-order valence-corrected chi connectivity index (χ4v) is 3.20. The number of nitrogens with one attached hydrogen (secondary N) is 1. The van der Waals surface area contributed by atoms with E-state index in [1.54, 1.807) is 4.68 Å². The van der Waals surface area contributed by atoms with E-state index in [-0.39, 0.29) is 11.3 Å². The quantitative estimate of drug-likeness (QED) is 0.869. The number of nitrogens with two attached hydrogens (primary N) is 1. The van der Waals surface area contributed by atoms with E-state index in [2.05, 4.69) is 17.3 Å². The van der Waals surface area contributed by atoms with E-state index >= 15 is 0 Å². The largest absolute Gasteiger partial charge is 0.395 e. The summed E-state index contributed by atoms with van der Waals surface area (Å²) in [6, 6.07) is 0. The number of nitrogen functional groups attached to an aromatic ring is 1. The van der Waals surface area contributed by atoms with Crippen LogP contribution in [0.5, 0.6) is 0 Å². The van der Waals surface area contributed by atoms with E-state index in [9.17, 15) is 4.79 Å². The van der Waals surface area contributed by atoms with E-state index in [1.165, 1.54) is 25.7 Å². The first-order chi connectivity index (χ1) is 9.53. The zero-order valence-electron chi connectivity index (χ0n) is 12.8. The Kier molecular flexibility index (Phi) is 4.35. The molecule has 0 aromatic carbocycles. The maximum absolute atomic E-state index is 12.4. The highest BCUT2D eigenvalue weighted by Gasteiger charge is 2.32. The lowest BCUT2D eigenvalue weighted by molar-refractivity contribution is 0.0919. The molecule has 1 aromatic rings. The predicted molar refractivity (Wildman–Crippen MR) is 80.6 cm³/mol. The van der Waals surface area contributed by atoms with Crippen LogP contribution in [0.3, 0.4) is 0 Å². The number of aromatic nitrogens is 2. The Balaban J connectivity index is 2.09. The smallest absolute Gasteiger partial charge is 0.271 e. The van der Waals surface area contributed by atoms with E-state index < -0.39 is 0 Å². The van der Waals surface area contributed by atoms with Crippen LogP contribution in [0.25, 0.3) is 0 Å². The molecule has 1 amide bonds. The average Bonchev–Trinajstić information content (AvgIpc) is 3.03. The van der Waals surface area contributed by atoms with Gasteiger partial charge in [-0.25, -0.2) is 0 Å². The molecule has 0 atom stereocenters. The topological polar surface area (TPSA) is 72.9 Å². The zero-order valence-corrected chi connectivity index (χ0v) is 12.8. The van der Waals surface area contributed by atoms with Gasteiger partial charge in [0.05, 0.1) is 11.4 Å². The van der Waals surface area contributed by atoms with Crippen molar-refractivity contribution >= 4 is 11.6 Å². The number of amides is 1. The van der Waals surface area contributed by atoms with Gasteiger partial charge in [-0.2, -0.15) is 5.10 Å². The van der Waals surface area contributed by atoms with Crippen LogP contribution in [0.1, 0.15) is 62.1 Å². The molecule has 5 nitrogen and oxygen atoms in total. The molecule has 112 valence electrons. The second kappa shape index (κ2) is 5.85. The Labute approximate surface area is 120 Å². The van der Waals surface area contributed by atoms with Crippen molar-refractivity contribution < 1.29 is 4.79 Å². The summed E-state index contributed by atoms with van der Waals surface area (Å²) >= 11 is 0. The summed E-state index contributed by atoms with van der Waals surface area (Å²) in [6.45, 7) is 7.41. The standard InChI is InChI=1S/C15H26N4O/c1-4-15(8-6-7-9-15)10-17-14(20)13-12(16)11(3)18-19(13)5-2/h4-10,16H2,1-3H3,(H,17,20). The van der Waals surface area contributed by atoms with Gasteiger partial charge in [0.25, 0.3) is 5.91 Å². The highest BCUT2D eigenvalue weighted by molar-refractivity contribution is 5.98. The van der Waals surface area contributed by atoms with Crippen molar-refractivity contribution in [3.05, 3.63) is 11.4 Å². The molecular weight excluding hydrogens is 252 g/mol. The molecule has 5 heteroatoms. The molecule has 1 fully saturated rings. The number of aryl methyl sites for hydroxylation is 2. The first-order valence-electron chi connectivity index (χ1n) is 7.64. The van der Waals surface area contributed by atoms with Gasteiger partial charge in [0.1, 0.15) is 5.69 Å². The van der Waals surface area contributed by atoms with Gasteiger partial charge in [0.15, 0.2) is 0 Å². The van der Waals surface area contributed by atoms with Gasteiger partial charge in [0.2, 0.25) is 0 Å². The van der Waals surface area contributed by atoms with Crippen molar-refractivity contribution in [3.8, 4) is 0 Å². The molecule has 1 heterocycles. The lowest BCUT2D eigenvalue weighted by Gasteiger charge is -2.27. The normalized spacial score (nSPS) is 17.4. The summed E-state index contributed by atoms with van der Waals surface area (Å²) in [6.07, 6.45) is 6.10. The minimum atomic E-state index is -0.0929. The Morgan fingerprint density at radius 2 is 2.05 bits per heavy atom. The maximum Gasteiger partial charge on any atom is 0.271 e. The van der Waals surface area contributed by atoms with E-state index in [0.717, 1.165) is 18.7 Å². The molecular formula is C15H26N4O. The molecule has 20 heavy (non-hydrogen) atoms. The number of hydrogen-bond acceptors (Lipinski definition) is 3. The lowest BCUT2D eigenvalue weighted by Crippen LogP contribution is -2.36. The van der Waals surface area contributed by atoms with Gasteiger partial charge in [-0.15, -0.1) is 0 Å². The monoisotopic (exact) mass is 278 g/mol. The number of anilines is 1. The van der Waals surface area contributed by atoms with Gasteiger partial charge in [0, 0.05) is 13.1 Å². The highest BCUT2D eigenvalue weighted by atomic mass is 16.2. The van der Waals surface area contributed by atoms with Crippen molar-refractivity contribution in [1.82, 2.24) is 15.1 Å². The summed E-state index contributed by atoms with van der Waals surface area (Å²) in [7, 11) is 0. The summed E-state index contributed by atoms with van der Waals surface area (Å²) in [4.78, 5) is 12.4. The van der Waals surface area contributed by atoms with Gasteiger partial charge in [-0.3, -0.25) is 9.48 Å². The van der Waals surface area contributed by atoms with Gasteiger partial charge < -0.3 is 11.1 Å². The van der Waals surface area contributed by atoms with Crippen LogP contribution in [0.4, 0.5) is 5.69 Å². The zero-order chi connectivity index (χ0) is 14.8. The Bertz CT molecular complexity index is 486. The molecule has 0 spiro atoms. The Hall–Kier alpha value is -1.52. The Morgan fingerprint density at radius 3 is 2.60 bits per heavy atom. The first-order valence-corrected chi connectivity index (χ1v) is 7.64. The third kappa shape index (κ3) is 2.67. The molecule has 0 aliphatic heterocycles. The van der Waals surface area contributed by atoms with Crippen LogP contribution >= 0.6 is 0 Å². The molecule has 0 bridgehead atoms. The molecule has 0 unspecified atom stereocenters. The predicted octanol–water partition coefficient (Wildman–Crippen LogP) is 2.49. The van der Waals surface area contributed by atoms with Gasteiger partial charge in [-0.1, -0.05) is 19.8 Å². The van der Waals surface area contributed by atoms with Crippen LogP contribution in [-0.2, 0) is 6.54 Å². The highest BCUT2D eigenvalue weighted by Crippen LogP contribution is 2.40. The molecule has 0 radical (unpaired) electrons. The number of carbonyl (C=O) groups excluding carboxylic acids is 1. The SMILES string of the molecule is CCn1nc(C)c(N)c1C(=O)NCC1(CC)CCCC1. The van der Waals surface area contributed by atoms with E-state index in [1.807, 2.05) is 13.8 Å². The van der Waals surface area contributed by atoms with Crippen LogP contribution in [0.15, 0.2) is 0 Å². The average molecular weight is 278 g/mol. The van der Waals surface area contributed by atoms with Crippen LogP contribution in [-0.4, -0.2) is 22.2 Å². The number of rotatable bonds is 5. The van der Waals surface area contributed by atoms with Crippen molar-refractivity contribution in [2.75, 3.05) is 12.3 Å². The lowest BCUT2D eigenvalue weighted by atomic mass is 9.83. The molecule has 2 rings (SSSR count). The van der Waals surface area contributed by atoms with E-state index in [4.69, 9.17) is 5.73 Å². The summed E-state index contributed by atoms with van der Waals surface area (Å²) < 4.78 is 1.69. The molecule has 1 aliphatic rings. The first kappa shape index (κ1) is 14.9. The van der Waals surface area contributed by atoms with Crippen molar-refractivity contribution in [1.29, 1.82) is 0 Å². The van der Waals surface area contributed by atoms with Crippen LogP contribution in [0, 0.1) is 12.3 Å². The minimum Gasteiger partial charge on any atom is -0.395 e. The summed E-state index contributed by atoms with van der Waals surface area (Å²) in [5.41, 5.74) is 8.01. The molecule has 0 saturated heterocycles. The Morgan fingerprint density at radius 1 is 1.40 bits per heavy atom. The summed E-state index contributed by atoms with van der Waals surface area (Å²) in [5, 5.41) is 7.38. The minimum absolute atomic E-state index is 0.0929. The fraction of sp³-hybridized carbons (Fsp3) is 0.733. The van der Waals surface area contributed by atoms with Crippen molar-refractivity contribution in [2.45, 2.75) is 59.4 Å². The van der Waals surface area contributed by atoms with Crippen molar-refractivity contribution in [2.24, 2.45) is 5.41 Å². The molecule has 3 N–H and O–H groups in total.